The molecule has 72 heavy (non-hydrogen) atoms. The van der Waals surface area contributed by atoms with Crippen LogP contribution in [0.4, 0.5) is 27.2 Å². The molecular formula is C56H72F4N4O8. The molecule has 4 aromatic carbocycles. The molecule has 0 aromatic heterocycles. The van der Waals surface area contributed by atoms with Gasteiger partial charge < -0.3 is 50.5 Å². The minimum atomic E-state index is -1.03. The van der Waals surface area contributed by atoms with Crippen molar-refractivity contribution in [3.05, 3.63) is 142 Å². The fraction of sp³-hybridized carbons (Fsp3) is 0.536. The second-order valence-corrected chi connectivity index (χ2v) is 21.8. The lowest BCUT2D eigenvalue weighted by Crippen LogP contribution is -2.51. The third kappa shape index (κ3) is 16.7. The van der Waals surface area contributed by atoms with Crippen LogP contribution < -0.4 is 21.7 Å². The van der Waals surface area contributed by atoms with Gasteiger partial charge in [0.15, 0.2) is 0 Å². The molecule has 6 atom stereocenters. The highest BCUT2D eigenvalue weighted by Crippen LogP contribution is 2.47. The lowest BCUT2D eigenvalue weighted by molar-refractivity contribution is 0.0417. The molecule has 16 heteroatoms. The van der Waals surface area contributed by atoms with Crippen LogP contribution in [0.3, 0.4) is 0 Å². The number of halogens is 4. The standard InChI is InChI=1S/C28H36F2N2O4.C15H19F2NO3.C13H17NO/c1-27(2,3)36-26(34)32-23(14-18-12-21(29)16-22(30)13-18)24(33)17-31-28(9-10-28)20-7-4-6-19(15-20)25-8-5-11-35-25;1-15(2,3)21-14(19)18-12(13-8-20-13)6-9-4-10(16)7-11(17)5-9;14-13(6-7-13)11-4-1-3-10(9-11)12-5-2-8-15-12/h4,6-7,12-13,15-16,23-25,31,33H,5,8-11,14,17H2,1-3H3,(H,32,34);4-5,7,12-13H,6,8H2,1-3H3,(H,18,19);1,3-4,9,12H,2,5-8,14H2. The van der Waals surface area contributed by atoms with Crippen LogP contribution in [0, 0.1) is 23.3 Å². The molecule has 6 N–H and O–H groups in total. The molecule has 2 amide bonds. The molecule has 3 heterocycles. The first kappa shape index (κ1) is 54.7. The summed E-state index contributed by atoms with van der Waals surface area (Å²) >= 11 is 0. The number of carbonyl (C=O) groups is 2. The highest BCUT2D eigenvalue weighted by molar-refractivity contribution is 5.68. The van der Waals surface area contributed by atoms with Crippen molar-refractivity contribution in [2.75, 3.05) is 26.4 Å². The Kier molecular flexibility index (Phi) is 17.8. The molecule has 12 nitrogen and oxygen atoms in total. The van der Waals surface area contributed by atoms with E-state index in [1.807, 2.05) is 6.07 Å². The lowest BCUT2D eigenvalue weighted by atomic mass is 9.97. The van der Waals surface area contributed by atoms with Crippen LogP contribution in [-0.2, 0) is 47.6 Å². The van der Waals surface area contributed by atoms with Gasteiger partial charge in [0.05, 0.1) is 37.0 Å². The normalized spacial score (nSPS) is 21.6. The summed E-state index contributed by atoms with van der Waals surface area (Å²) in [6.45, 7) is 12.9. The maximum atomic E-state index is 13.8. The number of hydrogen-bond donors (Lipinski definition) is 5. The number of hydrogen-bond acceptors (Lipinski definition) is 10. The summed E-state index contributed by atoms with van der Waals surface area (Å²) in [5, 5.41) is 19.9. The van der Waals surface area contributed by atoms with Crippen molar-refractivity contribution >= 4 is 12.2 Å². The van der Waals surface area contributed by atoms with Gasteiger partial charge >= 0.3 is 12.2 Å². The van der Waals surface area contributed by atoms with Gasteiger partial charge in [0, 0.05) is 43.0 Å². The van der Waals surface area contributed by atoms with Gasteiger partial charge in [-0.15, -0.1) is 0 Å². The summed E-state index contributed by atoms with van der Waals surface area (Å²) in [4.78, 5) is 24.3. The molecule has 6 unspecified atom stereocenters. The molecule has 0 radical (unpaired) electrons. The predicted molar refractivity (Wildman–Crippen MR) is 265 cm³/mol. The summed E-state index contributed by atoms with van der Waals surface area (Å²) < 4.78 is 81.2. The number of carbonyl (C=O) groups excluding carboxylic acids is 2. The molecule has 2 saturated carbocycles. The Morgan fingerprint density at radius 3 is 1.60 bits per heavy atom. The summed E-state index contributed by atoms with van der Waals surface area (Å²) in [6.07, 6.45) is 6.83. The van der Waals surface area contributed by atoms with Crippen LogP contribution in [0.15, 0.2) is 84.9 Å². The van der Waals surface area contributed by atoms with E-state index in [1.165, 1.54) is 41.8 Å². The zero-order chi connectivity index (χ0) is 51.8. The van der Waals surface area contributed by atoms with E-state index in [9.17, 15) is 32.3 Å². The molecular weight excluding hydrogens is 933 g/mol. The summed E-state index contributed by atoms with van der Waals surface area (Å²) in [6, 6.07) is 22.3. The molecule has 9 rings (SSSR count). The van der Waals surface area contributed by atoms with Gasteiger partial charge in [0.25, 0.3) is 0 Å². The van der Waals surface area contributed by atoms with Crippen molar-refractivity contribution in [2.24, 2.45) is 5.73 Å². The minimum absolute atomic E-state index is 0.0192. The lowest BCUT2D eigenvalue weighted by Gasteiger charge is -2.29. The first-order valence-corrected chi connectivity index (χ1v) is 25.2. The number of benzene rings is 4. The van der Waals surface area contributed by atoms with Crippen LogP contribution in [0.1, 0.15) is 138 Å². The smallest absolute Gasteiger partial charge is 0.407 e. The van der Waals surface area contributed by atoms with Crippen LogP contribution in [0.2, 0.25) is 0 Å². The molecule has 5 fully saturated rings. The Morgan fingerprint density at radius 2 is 1.15 bits per heavy atom. The number of aliphatic hydroxyl groups excluding tert-OH is 1. The van der Waals surface area contributed by atoms with E-state index >= 15 is 0 Å². The van der Waals surface area contributed by atoms with Crippen molar-refractivity contribution < 1.29 is 55.9 Å². The SMILES string of the molecule is CC(C)(C)OC(=O)NC(Cc1cc(F)cc(F)c1)C(O)CNC1(c2cccc(C3CCCO3)c2)CC1.CC(C)(C)OC(=O)NC(Cc1cc(F)cc(F)c1)C1CO1.NC1(c2cccc(C3CCCO3)c2)CC1. The first-order valence-electron chi connectivity index (χ1n) is 25.2. The number of amides is 2. The van der Waals surface area contributed by atoms with E-state index < -0.39 is 58.8 Å². The first-order chi connectivity index (χ1) is 34.0. The van der Waals surface area contributed by atoms with Crippen LogP contribution >= 0.6 is 0 Å². The van der Waals surface area contributed by atoms with Gasteiger partial charge in [-0.25, -0.2) is 27.2 Å². The molecule has 4 aromatic rings. The van der Waals surface area contributed by atoms with Gasteiger partial charge in [-0.05, 0) is 163 Å². The Morgan fingerprint density at radius 1 is 0.681 bits per heavy atom. The minimum Gasteiger partial charge on any atom is -0.444 e. The van der Waals surface area contributed by atoms with Gasteiger partial charge in [-0.2, -0.15) is 0 Å². The highest BCUT2D eigenvalue weighted by atomic mass is 19.1. The Balaban J connectivity index is 0.000000177. The average molecular weight is 1010 g/mol. The van der Waals surface area contributed by atoms with E-state index in [0.29, 0.717) is 23.8 Å². The fourth-order valence-electron chi connectivity index (χ4n) is 9.05. The molecule has 392 valence electrons. The molecule has 0 spiro atoms. The van der Waals surface area contributed by atoms with E-state index in [-0.39, 0.29) is 48.7 Å². The van der Waals surface area contributed by atoms with Crippen molar-refractivity contribution in [1.82, 2.24) is 16.0 Å². The molecule has 3 aliphatic heterocycles. The number of nitrogens with one attached hydrogen (secondary N) is 3. The molecule has 5 aliphatic rings. The quantitative estimate of drug-likeness (QED) is 0.0572. The van der Waals surface area contributed by atoms with Crippen molar-refractivity contribution in [3.8, 4) is 0 Å². The molecule has 3 saturated heterocycles. The van der Waals surface area contributed by atoms with E-state index in [0.717, 1.165) is 81.4 Å². The third-order valence-corrected chi connectivity index (χ3v) is 13.1. The topological polar surface area (TPSA) is 166 Å². The second kappa shape index (κ2) is 23.4. The van der Waals surface area contributed by atoms with Crippen molar-refractivity contribution in [1.29, 1.82) is 0 Å². The van der Waals surface area contributed by atoms with Gasteiger partial charge in [0.2, 0.25) is 0 Å². The summed E-state index contributed by atoms with van der Waals surface area (Å²) in [5.41, 5.74) is 10.3. The molecule has 2 aliphatic carbocycles. The highest BCUT2D eigenvalue weighted by Gasteiger charge is 2.45. The van der Waals surface area contributed by atoms with E-state index in [1.54, 1.807) is 41.5 Å². The summed E-state index contributed by atoms with van der Waals surface area (Å²) in [7, 11) is 0. The number of rotatable bonds is 15. The van der Waals surface area contributed by atoms with E-state index in [4.69, 9.17) is 29.4 Å². The largest absolute Gasteiger partial charge is 0.444 e. The number of ether oxygens (including phenoxy) is 5. The Hall–Kier alpha value is -5.10. The zero-order valence-electron chi connectivity index (χ0n) is 42.3. The van der Waals surface area contributed by atoms with Gasteiger partial charge in [-0.3, -0.25) is 0 Å². The van der Waals surface area contributed by atoms with Crippen LogP contribution in [-0.4, -0.2) is 79.2 Å². The Bertz CT molecular complexity index is 2420. The summed E-state index contributed by atoms with van der Waals surface area (Å²) in [5.74, 6) is -2.70. The van der Waals surface area contributed by atoms with Crippen LogP contribution in [0.25, 0.3) is 0 Å². The van der Waals surface area contributed by atoms with E-state index in [2.05, 4.69) is 58.4 Å². The van der Waals surface area contributed by atoms with Gasteiger partial charge in [0.1, 0.15) is 40.6 Å². The Labute approximate surface area is 421 Å². The third-order valence-electron chi connectivity index (χ3n) is 13.1. The molecule has 0 bridgehead atoms. The maximum absolute atomic E-state index is 13.8. The van der Waals surface area contributed by atoms with Crippen LogP contribution in [0.5, 0.6) is 0 Å². The van der Waals surface area contributed by atoms with Crippen molar-refractivity contribution in [2.45, 2.75) is 165 Å². The number of epoxide rings is 1. The number of nitrogens with two attached hydrogens (primary N) is 1. The second-order valence-electron chi connectivity index (χ2n) is 21.8. The van der Waals surface area contributed by atoms with Crippen molar-refractivity contribution in [3.63, 3.8) is 0 Å². The maximum Gasteiger partial charge on any atom is 0.407 e. The average Bonchev–Trinajstić information content (AvgIpc) is 4.27. The number of alkyl carbamates (subject to hydrolysis) is 2. The fourth-order valence-corrected chi connectivity index (χ4v) is 9.05. The van der Waals surface area contributed by atoms with Gasteiger partial charge in [-0.1, -0.05) is 48.5 Å². The predicted octanol–water partition coefficient (Wildman–Crippen LogP) is 10.2. The monoisotopic (exact) mass is 1000 g/mol. The number of aliphatic hydroxyl groups is 1. The zero-order valence-corrected chi connectivity index (χ0v) is 42.3.